The average Bonchev–Trinajstić information content (AvgIpc) is 3.88. The fraction of sp³-hybridized carbons (Fsp3) is 0.489. The molecule has 16 nitrogen and oxygen atoms in total. The number of aromatic amines is 2. The molecule has 18 heteroatoms. The normalized spacial score (nSPS) is 15.3. The number of fused-ring (bicyclic) bond motifs is 2. The number of benzene rings is 2. The minimum absolute atomic E-state index is 0.0142. The molecule has 0 saturated carbocycles. The summed E-state index contributed by atoms with van der Waals surface area (Å²) in [5.74, 6) is -5.95. The molecule has 0 aliphatic rings. The maximum atomic E-state index is 14.8. The first kappa shape index (κ1) is 50.3. The molecule has 2 heterocycles. The predicted molar refractivity (Wildman–Crippen MR) is 249 cm³/mol. The Morgan fingerprint density at radius 2 is 1.02 bits per heavy atom. The van der Waals surface area contributed by atoms with Crippen LogP contribution in [-0.2, 0) is 46.4 Å². The molecule has 0 fully saturated rings. The number of carboxylic acids is 1. The standard InChI is InChI=1S/C45H61BrN8O8S/c1-7-25(5)38(53-37(55)20-46)44(60)54-39(26(6)8-2)43(59)51-35(19-28-22-48-32-16-12-10-14-30(28)32)42(58)50-34(18-27-21-47-31-15-11-9-13-29(27)31)41(57)49-33(17-24(3)4)40(56)52-36(23-63)45(61)62/h9-16,21-22,24-26,33-36,38-39,47-48,63H,7-8,17-20,23H2,1-6H3,(H,49,57)(H,50,58)(H,51,59)(H,52,56)(H,53,55)(H,54,60)(H,61,62)/t25-,26-,33-,34+,35-,36-,38-,39-/m0/s1. The van der Waals surface area contributed by atoms with Crippen LogP contribution >= 0.6 is 28.6 Å². The third-order valence-electron chi connectivity index (χ3n) is 11.3. The van der Waals surface area contributed by atoms with Crippen molar-refractivity contribution in [3.8, 4) is 0 Å². The number of rotatable bonds is 24. The van der Waals surface area contributed by atoms with Crippen LogP contribution in [0.4, 0.5) is 0 Å². The number of thiol groups is 1. The molecular weight excluding hydrogens is 893 g/mol. The molecule has 63 heavy (non-hydrogen) atoms. The van der Waals surface area contributed by atoms with Gasteiger partial charge in [0.1, 0.15) is 36.3 Å². The van der Waals surface area contributed by atoms with E-state index in [4.69, 9.17) is 0 Å². The first-order valence-corrected chi connectivity index (χ1v) is 23.1. The summed E-state index contributed by atoms with van der Waals surface area (Å²) in [7, 11) is 0. The molecule has 0 spiro atoms. The molecular formula is C45H61BrN8O8S. The molecule has 0 aliphatic carbocycles. The summed E-state index contributed by atoms with van der Waals surface area (Å²) in [4.78, 5) is 102. The Bertz CT molecular complexity index is 2230. The van der Waals surface area contributed by atoms with E-state index in [1.165, 1.54) is 0 Å². The van der Waals surface area contributed by atoms with Gasteiger partial charge >= 0.3 is 5.97 Å². The summed E-state index contributed by atoms with van der Waals surface area (Å²) in [5.41, 5.74) is 2.99. The van der Waals surface area contributed by atoms with E-state index in [9.17, 15) is 38.7 Å². The smallest absolute Gasteiger partial charge is 0.327 e. The Hall–Kier alpha value is -5.36. The van der Waals surface area contributed by atoms with E-state index >= 15 is 0 Å². The average molecular weight is 954 g/mol. The zero-order valence-electron chi connectivity index (χ0n) is 36.5. The number of hydrogen-bond donors (Lipinski definition) is 10. The lowest BCUT2D eigenvalue weighted by Crippen LogP contribution is -2.61. The zero-order valence-corrected chi connectivity index (χ0v) is 39.0. The number of H-pyrrole nitrogens is 2. The van der Waals surface area contributed by atoms with E-state index in [-0.39, 0.29) is 48.1 Å². The van der Waals surface area contributed by atoms with Crippen LogP contribution in [-0.4, -0.2) is 104 Å². The largest absolute Gasteiger partial charge is 0.480 e. The molecule has 342 valence electrons. The number of nitrogens with one attached hydrogen (secondary N) is 8. The number of aliphatic carboxylic acids is 1. The lowest BCUT2D eigenvalue weighted by atomic mass is 9.94. The third-order valence-corrected chi connectivity index (χ3v) is 12.2. The number of amides is 6. The topological polar surface area (TPSA) is 243 Å². The van der Waals surface area contributed by atoms with Crippen molar-refractivity contribution < 1.29 is 38.7 Å². The summed E-state index contributed by atoms with van der Waals surface area (Å²) in [5, 5.41) is 27.8. The van der Waals surface area contributed by atoms with E-state index in [0.717, 1.165) is 21.8 Å². The summed E-state index contributed by atoms with van der Waals surface area (Å²) < 4.78 is 0. The minimum atomic E-state index is -1.30. The Labute approximate surface area is 381 Å². The second-order valence-corrected chi connectivity index (χ2v) is 17.4. The maximum absolute atomic E-state index is 14.8. The predicted octanol–water partition coefficient (Wildman–Crippen LogP) is 3.89. The SMILES string of the molecule is CC[C@H](C)[C@H](NC(=O)CBr)C(=O)N[C@H](C(=O)N[C@@H](Cc1c[nH]c2ccccc12)C(=O)N[C@H](Cc1c[nH]c2ccccc12)C(=O)N[C@@H](CC(C)C)C(=O)N[C@@H](CS)C(=O)O)[C@@H](C)CC. The molecule has 0 saturated heterocycles. The fourth-order valence-corrected chi connectivity index (χ4v) is 7.69. The van der Waals surface area contributed by atoms with Gasteiger partial charge in [-0.15, -0.1) is 0 Å². The van der Waals surface area contributed by atoms with Gasteiger partial charge in [0, 0.05) is 52.8 Å². The summed E-state index contributed by atoms with van der Waals surface area (Å²) >= 11 is 7.19. The Morgan fingerprint density at radius 1 is 0.603 bits per heavy atom. The van der Waals surface area contributed by atoms with Gasteiger partial charge in [-0.2, -0.15) is 12.6 Å². The number of halogens is 1. The molecule has 2 aromatic carbocycles. The van der Waals surface area contributed by atoms with Crippen molar-refractivity contribution in [2.24, 2.45) is 17.8 Å². The van der Waals surface area contributed by atoms with E-state index in [1.807, 2.05) is 83.1 Å². The van der Waals surface area contributed by atoms with Gasteiger partial charge in [-0.05, 0) is 47.4 Å². The highest BCUT2D eigenvalue weighted by molar-refractivity contribution is 9.09. The molecule has 4 aromatic rings. The Morgan fingerprint density at radius 3 is 1.46 bits per heavy atom. The van der Waals surface area contributed by atoms with Gasteiger partial charge in [-0.1, -0.05) is 107 Å². The van der Waals surface area contributed by atoms with Gasteiger partial charge < -0.3 is 47.0 Å². The first-order valence-electron chi connectivity index (χ1n) is 21.3. The van der Waals surface area contributed by atoms with Gasteiger partial charge in [0.05, 0.1) is 5.33 Å². The van der Waals surface area contributed by atoms with Gasteiger partial charge in [0.25, 0.3) is 0 Å². The number of carbonyl (C=O) groups excluding carboxylic acids is 6. The fourth-order valence-electron chi connectivity index (χ4n) is 7.29. The molecule has 4 rings (SSSR count). The van der Waals surface area contributed by atoms with Crippen molar-refractivity contribution in [2.75, 3.05) is 11.1 Å². The number of alkyl halides is 1. The molecule has 8 atom stereocenters. The van der Waals surface area contributed by atoms with Gasteiger partial charge in [0.15, 0.2) is 0 Å². The summed E-state index contributed by atoms with van der Waals surface area (Å²) in [6.07, 6.45) is 4.65. The van der Waals surface area contributed by atoms with E-state index in [1.54, 1.807) is 19.3 Å². The molecule has 6 amide bonds. The van der Waals surface area contributed by atoms with Crippen LogP contribution in [0.2, 0.25) is 0 Å². The maximum Gasteiger partial charge on any atom is 0.327 e. The monoisotopic (exact) mass is 952 g/mol. The lowest BCUT2D eigenvalue weighted by molar-refractivity contribution is -0.141. The van der Waals surface area contributed by atoms with Crippen molar-refractivity contribution in [2.45, 2.75) is 110 Å². The van der Waals surface area contributed by atoms with Crippen LogP contribution in [0.1, 0.15) is 71.9 Å². The van der Waals surface area contributed by atoms with Gasteiger partial charge in [0.2, 0.25) is 35.4 Å². The lowest BCUT2D eigenvalue weighted by Gasteiger charge is -2.30. The van der Waals surface area contributed by atoms with Crippen LogP contribution < -0.4 is 31.9 Å². The molecule has 0 radical (unpaired) electrons. The number of carboxylic acid groups (broad SMARTS) is 1. The Kier molecular flexibility index (Phi) is 19.1. The number of carbonyl (C=O) groups is 7. The van der Waals surface area contributed by atoms with Crippen molar-refractivity contribution in [1.29, 1.82) is 0 Å². The van der Waals surface area contributed by atoms with E-state index in [2.05, 4.69) is 70.4 Å². The quantitative estimate of drug-likeness (QED) is 0.0364. The molecule has 0 unspecified atom stereocenters. The number of hydrogen-bond acceptors (Lipinski definition) is 8. The summed E-state index contributed by atoms with van der Waals surface area (Å²) in [6.45, 7) is 11.1. The van der Waals surface area contributed by atoms with Gasteiger partial charge in [-0.25, -0.2) is 4.79 Å². The van der Waals surface area contributed by atoms with Crippen LogP contribution in [0.5, 0.6) is 0 Å². The molecule has 2 aromatic heterocycles. The molecule has 0 bridgehead atoms. The van der Waals surface area contributed by atoms with E-state index in [0.29, 0.717) is 24.0 Å². The second kappa shape index (κ2) is 23.9. The van der Waals surface area contributed by atoms with Crippen molar-refractivity contribution in [1.82, 2.24) is 41.9 Å². The highest BCUT2D eigenvalue weighted by Crippen LogP contribution is 2.22. The van der Waals surface area contributed by atoms with Gasteiger partial charge in [-0.3, -0.25) is 28.8 Å². The van der Waals surface area contributed by atoms with E-state index < -0.39 is 77.7 Å². The molecule has 9 N–H and O–H groups in total. The van der Waals surface area contributed by atoms with Crippen LogP contribution in [0, 0.1) is 17.8 Å². The number of aromatic nitrogens is 2. The van der Waals surface area contributed by atoms with Crippen molar-refractivity contribution >= 4 is 91.8 Å². The zero-order chi connectivity index (χ0) is 46.4. The third kappa shape index (κ3) is 13.8. The highest BCUT2D eigenvalue weighted by Gasteiger charge is 2.36. The van der Waals surface area contributed by atoms with Crippen molar-refractivity contribution in [3.05, 3.63) is 72.1 Å². The molecule has 0 aliphatic heterocycles. The number of para-hydroxylation sites is 2. The first-order chi connectivity index (χ1) is 30.0. The minimum Gasteiger partial charge on any atom is -0.480 e. The van der Waals surface area contributed by atoms with Crippen LogP contribution in [0.3, 0.4) is 0 Å². The highest BCUT2D eigenvalue weighted by atomic mass is 79.9. The summed E-state index contributed by atoms with van der Waals surface area (Å²) in [6, 6.07) is 7.84. The second-order valence-electron chi connectivity index (χ2n) is 16.5. The van der Waals surface area contributed by atoms with Crippen molar-refractivity contribution in [3.63, 3.8) is 0 Å². The van der Waals surface area contributed by atoms with Crippen LogP contribution in [0.25, 0.3) is 21.8 Å². The van der Waals surface area contributed by atoms with Crippen LogP contribution in [0.15, 0.2) is 60.9 Å². The Balaban J connectivity index is 1.72.